The average molecular weight is 335 g/mol. The van der Waals surface area contributed by atoms with Gasteiger partial charge in [-0.05, 0) is 32.9 Å². The minimum atomic E-state index is -1.31. The first-order valence-corrected chi connectivity index (χ1v) is 7.60. The van der Waals surface area contributed by atoms with E-state index in [1.807, 2.05) is 18.2 Å². The Morgan fingerprint density at radius 3 is 2.40 bits per heavy atom. The number of carbonyl (C=O) groups excluding carboxylic acids is 1. The Morgan fingerprint density at radius 1 is 1.16 bits per heavy atom. The van der Waals surface area contributed by atoms with Gasteiger partial charge in [0.05, 0.1) is 11.8 Å². The van der Waals surface area contributed by atoms with Crippen molar-refractivity contribution in [1.82, 2.24) is 4.98 Å². The van der Waals surface area contributed by atoms with E-state index in [2.05, 4.69) is 4.98 Å². The van der Waals surface area contributed by atoms with Gasteiger partial charge in [-0.3, -0.25) is 9.78 Å². The van der Waals surface area contributed by atoms with Crippen molar-refractivity contribution in [2.24, 2.45) is 0 Å². The summed E-state index contributed by atoms with van der Waals surface area (Å²) in [4.78, 5) is 16.3. The van der Waals surface area contributed by atoms with Crippen LogP contribution in [0.5, 0.6) is 11.5 Å². The number of ether oxygens (including phenoxy) is 2. The molecular formula is C19H17N3O3. The number of hydrogen-bond donors (Lipinski definition) is 0. The van der Waals surface area contributed by atoms with E-state index < -0.39 is 17.5 Å². The number of nitrogens with zero attached hydrogens (tertiary/aromatic N) is 3. The molecule has 1 aromatic carbocycles. The van der Waals surface area contributed by atoms with Gasteiger partial charge in [0.1, 0.15) is 28.7 Å². The van der Waals surface area contributed by atoms with E-state index in [4.69, 9.17) is 9.47 Å². The maximum Gasteiger partial charge on any atom is 0.330 e. The predicted octanol–water partition coefficient (Wildman–Crippen LogP) is 3.69. The van der Waals surface area contributed by atoms with Gasteiger partial charge in [0.2, 0.25) is 0 Å². The lowest BCUT2D eigenvalue weighted by atomic mass is 10.0. The van der Waals surface area contributed by atoms with Crippen LogP contribution >= 0.6 is 0 Å². The van der Waals surface area contributed by atoms with Crippen molar-refractivity contribution < 1.29 is 14.3 Å². The van der Waals surface area contributed by atoms with Crippen LogP contribution in [0.1, 0.15) is 37.9 Å². The van der Waals surface area contributed by atoms with Gasteiger partial charge < -0.3 is 9.47 Å². The molecule has 2 aromatic rings. The molecule has 1 heterocycles. The molecule has 0 saturated carbocycles. The first-order chi connectivity index (χ1) is 11.9. The molecule has 126 valence electrons. The number of aromatic nitrogens is 1. The Kier molecular flexibility index (Phi) is 5.36. The van der Waals surface area contributed by atoms with Crippen molar-refractivity contribution in [3.05, 3.63) is 53.9 Å². The highest BCUT2D eigenvalue weighted by Gasteiger charge is 2.31. The molecule has 0 spiro atoms. The zero-order valence-electron chi connectivity index (χ0n) is 14.2. The van der Waals surface area contributed by atoms with E-state index in [1.54, 1.807) is 45.0 Å². The summed E-state index contributed by atoms with van der Waals surface area (Å²) in [6.45, 7) is 5.10. The topological polar surface area (TPSA) is 96.0 Å². The van der Waals surface area contributed by atoms with Gasteiger partial charge >= 0.3 is 5.97 Å². The number of carbonyl (C=O) groups is 1. The van der Waals surface area contributed by atoms with Crippen LogP contribution in [-0.4, -0.2) is 16.6 Å². The molecule has 0 aliphatic rings. The molecular weight excluding hydrogens is 318 g/mol. The fourth-order valence-corrected chi connectivity index (χ4v) is 2.08. The lowest BCUT2D eigenvalue weighted by Gasteiger charge is -2.21. The van der Waals surface area contributed by atoms with Gasteiger partial charge in [-0.25, -0.2) is 0 Å². The van der Waals surface area contributed by atoms with Crippen molar-refractivity contribution in [2.75, 3.05) is 0 Å². The fourth-order valence-electron chi connectivity index (χ4n) is 2.08. The molecule has 0 aliphatic carbocycles. The quantitative estimate of drug-likeness (QED) is 0.791. The third kappa shape index (κ3) is 4.55. The number of para-hydroxylation sites is 1. The molecule has 0 saturated heterocycles. The van der Waals surface area contributed by atoms with Gasteiger partial charge in [-0.15, -0.1) is 0 Å². The van der Waals surface area contributed by atoms with Crippen LogP contribution in [0.2, 0.25) is 0 Å². The van der Waals surface area contributed by atoms with E-state index in [1.165, 1.54) is 12.3 Å². The minimum Gasteiger partial charge on any atom is -0.459 e. The van der Waals surface area contributed by atoms with Crippen LogP contribution in [0.4, 0.5) is 0 Å². The number of hydrogen-bond acceptors (Lipinski definition) is 6. The predicted molar refractivity (Wildman–Crippen MR) is 89.7 cm³/mol. The van der Waals surface area contributed by atoms with Crippen LogP contribution in [-0.2, 0) is 9.53 Å². The van der Waals surface area contributed by atoms with Crippen LogP contribution in [0.25, 0.3) is 0 Å². The van der Waals surface area contributed by atoms with E-state index >= 15 is 0 Å². The number of pyridine rings is 1. The highest BCUT2D eigenvalue weighted by molar-refractivity contribution is 5.82. The second-order valence-electron chi connectivity index (χ2n) is 6.19. The standard InChI is InChI=1S/C19H17N3O3/c1-19(2,3)25-18(23)15(12-21)17-14(11-20)16(9-10-22-17)24-13-7-5-4-6-8-13/h4-10,15H,1-3H3. The summed E-state index contributed by atoms with van der Waals surface area (Å²) in [7, 11) is 0. The van der Waals surface area contributed by atoms with E-state index in [0.29, 0.717) is 5.75 Å². The smallest absolute Gasteiger partial charge is 0.330 e. The highest BCUT2D eigenvalue weighted by atomic mass is 16.6. The van der Waals surface area contributed by atoms with Crippen molar-refractivity contribution in [1.29, 1.82) is 10.5 Å². The SMILES string of the molecule is CC(C)(C)OC(=O)C(C#N)c1nccc(Oc2ccccc2)c1C#N. The lowest BCUT2D eigenvalue weighted by Crippen LogP contribution is -2.28. The van der Waals surface area contributed by atoms with E-state index in [0.717, 1.165) is 0 Å². The third-order valence-electron chi connectivity index (χ3n) is 3.07. The summed E-state index contributed by atoms with van der Waals surface area (Å²) in [5.74, 6) is -1.31. The minimum absolute atomic E-state index is 0.0210. The Morgan fingerprint density at radius 2 is 1.84 bits per heavy atom. The number of rotatable bonds is 4. The molecule has 6 heteroatoms. The molecule has 0 bridgehead atoms. The largest absolute Gasteiger partial charge is 0.459 e. The van der Waals surface area contributed by atoms with Crippen LogP contribution in [0, 0.1) is 22.7 Å². The van der Waals surface area contributed by atoms with Crippen LogP contribution in [0.15, 0.2) is 42.6 Å². The summed E-state index contributed by atoms with van der Waals surface area (Å²) in [6.07, 6.45) is 1.39. The molecule has 1 unspecified atom stereocenters. The molecule has 1 aromatic heterocycles. The lowest BCUT2D eigenvalue weighted by molar-refractivity contribution is -0.155. The summed E-state index contributed by atoms with van der Waals surface area (Å²) < 4.78 is 10.9. The van der Waals surface area contributed by atoms with Crippen molar-refractivity contribution >= 4 is 5.97 Å². The van der Waals surface area contributed by atoms with E-state index in [-0.39, 0.29) is 17.0 Å². The van der Waals surface area contributed by atoms with Crippen molar-refractivity contribution in [3.8, 4) is 23.6 Å². The number of benzene rings is 1. The van der Waals surface area contributed by atoms with Crippen molar-refractivity contribution in [3.63, 3.8) is 0 Å². The summed E-state index contributed by atoms with van der Waals surface area (Å²) in [5, 5.41) is 18.9. The Labute approximate surface area is 146 Å². The maximum atomic E-state index is 12.3. The molecule has 0 radical (unpaired) electrons. The van der Waals surface area contributed by atoms with E-state index in [9.17, 15) is 15.3 Å². The highest BCUT2D eigenvalue weighted by Crippen LogP contribution is 2.30. The first-order valence-electron chi connectivity index (χ1n) is 7.60. The molecule has 0 fully saturated rings. The normalized spacial score (nSPS) is 11.7. The Balaban J connectivity index is 2.41. The first kappa shape index (κ1) is 18.0. The van der Waals surface area contributed by atoms with Crippen LogP contribution in [0.3, 0.4) is 0 Å². The fraction of sp³-hybridized carbons (Fsp3) is 0.263. The number of nitriles is 2. The summed E-state index contributed by atoms with van der Waals surface area (Å²) in [6, 6.07) is 14.2. The molecule has 25 heavy (non-hydrogen) atoms. The third-order valence-corrected chi connectivity index (χ3v) is 3.07. The Hall–Kier alpha value is -3.38. The van der Waals surface area contributed by atoms with Gasteiger partial charge in [0, 0.05) is 12.3 Å². The monoisotopic (exact) mass is 335 g/mol. The molecule has 6 nitrogen and oxygen atoms in total. The Bertz CT molecular complexity index is 843. The second kappa shape index (κ2) is 7.46. The second-order valence-corrected chi connectivity index (χ2v) is 6.19. The average Bonchev–Trinajstić information content (AvgIpc) is 2.55. The molecule has 1 atom stereocenters. The molecule has 0 N–H and O–H groups in total. The zero-order valence-corrected chi connectivity index (χ0v) is 14.2. The van der Waals surface area contributed by atoms with Gasteiger partial charge in [0.25, 0.3) is 0 Å². The summed E-state index contributed by atoms with van der Waals surface area (Å²) >= 11 is 0. The number of esters is 1. The molecule has 0 amide bonds. The van der Waals surface area contributed by atoms with Crippen molar-refractivity contribution in [2.45, 2.75) is 32.3 Å². The molecule has 2 rings (SSSR count). The van der Waals surface area contributed by atoms with Crippen LogP contribution < -0.4 is 4.74 Å². The molecule has 0 aliphatic heterocycles. The maximum absolute atomic E-state index is 12.3. The van der Waals surface area contributed by atoms with Gasteiger partial charge in [0.15, 0.2) is 5.92 Å². The van der Waals surface area contributed by atoms with Gasteiger partial charge in [-0.2, -0.15) is 10.5 Å². The van der Waals surface area contributed by atoms with Gasteiger partial charge in [-0.1, -0.05) is 18.2 Å². The summed E-state index contributed by atoms with van der Waals surface area (Å²) in [5.41, 5.74) is -0.701. The zero-order chi connectivity index (χ0) is 18.4.